The van der Waals surface area contributed by atoms with E-state index in [1.165, 1.54) is 6.92 Å². The number of pyridine rings is 1. The van der Waals surface area contributed by atoms with Gasteiger partial charge in [0.15, 0.2) is 0 Å². The number of carbonyl (C=O) groups is 2. The zero-order valence-corrected chi connectivity index (χ0v) is 9.66. The van der Waals surface area contributed by atoms with E-state index < -0.39 is 17.5 Å². The first-order valence-electron chi connectivity index (χ1n) is 5.13. The molecule has 2 N–H and O–H groups in total. The highest BCUT2D eigenvalue weighted by Crippen LogP contribution is 2.06. The minimum Gasteiger partial charge on any atom is -0.478 e. The Labute approximate surface area is 103 Å². The number of halogens is 1. The quantitative estimate of drug-likeness (QED) is 0.472. The van der Waals surface area contributed by atoms with Crippen molar-refractivity contribution in [3.05, 3.63) is 29.3 Å². The van der Waals surface area contributed by atoms with Crippen LogP contribution < -0.4 is 5.32 Å². The first-order chi connectivity index (χ1) is 8.50. The summed E-state index contributed by atoms with van der Waals surface area (Å²) in [6.45, 7) is 1.80. The van der Waals surface area contributed by atoms with Crippen molar-refractivity contribution in [2.75, 3.05) is 6.54 Å². The van der Waals surface area contributed by atoms with E-state index in [0.29, 0.717) is 18.5 Å². The summed E-state index contributed by atoms with van der Waals surface area (Å²) in [5.41, 5.74) is -0.194. The van der Waals surface area contributed by atoms with Crippen LogP contribution >= 0.6 is 0 Å². The van der Waals surface area contributed by atoms with Crippen molar-refractivity contribution in [3.63, 3.8) is 0 Å². The van der Waals surface area contributed by atoms with Gasteiger partial charge >= 0.3 is 5.97 Å². The summed E-state index contributed by atoms with van der Waals surface area (Å²) in [5, 5.41) is 11.2. The van der Waals surface area contributed by atoms with E-state index in [0.717, 1.165) is 12.3 Å². The molecule has 0 aliphatic heterocycles. The van der Waals surface area contributed by atoms with Crippen LogP contribution in [-0.4, -0.2) is 28.5 Å². The van der Waals surface area contributed by atoms with Gasteiger partial charge in [-0.15, -0.1) is 0 Å². The third-order valence-electron chi connectivity index (χ3n) is 1.93. The number of carbonyl (C=O) groups excluding carboxylic acids is 1. The molecule has 1 aromatic rings. The molecule has 0 unspecified atom stereocenters. The van der Waals surface area contributed by atoms with Crippen molar-refractivity contribution in [3.8, 4) is 11.8 Å². The first-order valence-corrected chi connectivity index (χ1v) is 5.13. The second-order valence-corrected chi connectivity index (χ2v) is 3.40. The maximum absolute atomic E-state index is 13.0. The van der Waals surface area contributed by atoms with Crippen molar-refractivity contribution in [2.45, 2.75) is 13.3 Å². The summed E-state index contributed by atoms with van der Waals surface area (Å²) in [6, 6.07) is 1.12. The minimum atomic E-state index is -1.39. The molecule has 1 rings (SSSR count). The number of carboxylic acid groups (broad SMARTS) is 1. The fraction of sp³-hybridized carbons (Fsp3) is 0.250. The second kappa shape index (κ2) is 6.35. The zero-order chi connectivity index (χ0) is 13.5. The van der Waals surface area contributed by atoms with Gasteiger partial charge in [0.25, 0.3) is 0 Å². The lowest BCUT2D eigenvalue weighted by Gasteiger charge is -1.97. The molecule has 6 heteroatoms. The van der Waals surface area contributed by atoms with Crippen molar-refractivity contribution in [1.82, 2.24) is 10.3 Å². The molecule has 0 saturated carbocycles. The van der Waals surface area contributed by atoms with E-state index in [-0.39, 0.29) is 5.91 Å². The Hall–Kier alpha value is -2.42. The van der Waals surface area contributed by atoms with Gasteiger partial charge in [-0.3, -0.25) is 4.79 Å². The number of amides is 1. The number of hydrogen-bond donors (Lipinski definition) is 2. The molecular formula is C12H11FN2O3. The van der Waals surface area contributed by atoms with Crippen LogP contribution in [0.5, 0.6) is 0 Å². The number of rotatable bonds is 3. The maximum atomic E-state index is 13.0. The summed E-state index contributed by atoms with van der Waals surface area (Å²) in [5.74, 6) is 2.80. The number of nitrogens with one attached hydrogen (secondary N) is 1. The molecule has 5 nitrogen and oxygen atoms in total. The fourth-order valence-electron chi connectivity index (χ4n) is 1.13. The minimum absolute atomic E-state index is 0.145. The van der Waals surface area contributed by atoms with Gasteiger partial charge in [0.05, 0.1) is 0 Å². The summed E-state index contributed by atoms with van der Waals surface area (Å²) in [7, 11) is 0. The number of carboxylic acids is 1. The Morgan fingerprint density at radius 1 is 1.56 bits per heavy atom. The molecule has 0 aliphatic carbocycles. The monoisotopic (exact) mass is 250 g/mol. The molecule has 18 heavy (non-hydrogen) atoms. The first kappa shape index (κ1) is 13.6. The third-order valence-corrected chi connectivity index (χ3v) is 1.93. The van der Waals surface area contributed by atoms with E-state index in [1.807, 2.05) is 0 Å². The van der Waals surface area contributed by atoms with Gasteiger partial charge in [0, 0.05) is 31.6 Å². The predicted molar refractivity (Wildman–Crippen MR) is 61.3 cm³/mol. The van der Waals surface area contributed by atoms with E-state index >= 15 is 0 Å². The van der Waals surface area contributed by atoms with Crippen LogP contribution in [0.15, 0.2) is 12.3 Å². The van der Waals surface area contributed by atoms with Crippen LogP contribution in [-0.2, 0) is 4.79 Å². The van der Waals surface area contributed by atoms with Crippen LogP contribution in [0.1, 0.15) is 29.3 Å². The summed E-state index contributed by atoms with van der Waals surface area (Å²) in [4.78, 5) is 24.5. The van der Waals surface area contributed by atoms with Gasteiger partial charge in [-0.05, 0) is 6.07 Å². The summed E-state index contributed by atoms with van der Waals surface area (Å²) in [6.07, 6.45) is 1.58. The predicted octanol–water partition coefficient (Wildman–Crippen LogP) is 0.797. The number of hydrogen-bond acceptors (Lipinski definition) is 3. The van der Waals surface area contributed by atoms with Gasteiger partial charge in [-0.1, -0.05) is 11.8 Å². The standard InChI is InChI=1S/C12H11FN2O3/c1-8(16)14-5-3-2-4-9-6-10(12(17)18)11(13)15-7-9/h6-7H,3,5H2,1H3,(H,14,16)(H,17,18). The average Bonchev–Trinajstić information content (AvgIpc) is 2.30. The SMILES string of the molecule is CC(=O)NCCC#Cc1cnc(F)c(C(=O)O)c1. The van der Waals surface area contributed by atoms with Crippen LogP contribution in [0.4, 0.5) is 4.39 Å². The highest BCUT2D eigenvalue weighted by atomic mass is 19.1. The summed E-state index contributed by atoms with van der Waals surface area (Å²) >= 11 is 0. The molecule has 0 saturated heterocycles. The van der Waals surface area contributed by atoms with Gasteiger partial charge in [0.2, 0.25) is 11.9 Å². The average molecular weight is 250 g/mol. The van der Waals surface area contributed by atoms with E-state index in [9.17, 15) is 14.0 Å². The second-order valence-electron chi connectivity index (χ2n) is 3.40. The Morgan fingerprint density at radius 3 is 2.89 bits per heavy atom. The number of nitrogens with zero attached hydrogens (tertiary/aromatic N) is 1. The Balaban J connectivity index is 2.68. The lowest BCUT2D eigenvalue weighted by Crippen LogP contribution is -2.20. The van der Waals surface area contributed by atoms with Crippen molar-refractivity contribution < 1.29 is 19.1 Å². The Morgan fingerprint density at radius 2 is 2.28 bits per heavy atom. The maximum Gasteiger partial charge on any atom is 0.340 e. The van der Waals surface area contributed by atoms with Gasteiger partial charge in [-0.2, -0.15) is 4.39 Å². The molecule has 0 aromatic carbocycles. The van der Waals surface area contributed by atoms with Crippen LogP contribution in [0.2, 0.25) is 0 Å². The number of aromatic carboxylic acids is 1. The van der Waals surface area contributed by atoms with Crippen LogP contribution in [0, 0.1) is 17.8 Å². The molecule has 94 valence electrons. The van der Waals surface area contributed by atoms with Gasteiger partial charge in [0.1, 0.15) is 5.56 Å². The molecule has 0 fully saturated rings. The lowest BCUT2D eigenvalue weighted by molar-refractivity contribution is -0.118. The summed E-state index contributed by atoms with van der Waals surface area (Å²) < 4.78 is 13.0. The molecule has 0 aliphatic rings. The highest BCUT2D eigenvalue weighted by molar-refractivity contribution is 5.87. The normalized spacial score (nSPS) is 9.22. The van der Waals surface area contributed by atoms with E-state index in [4.69, 9.17) is 5.11 Å². The number of aromatic nitrogens is 1. The van der Waals surface area contributed by atoms with Crippen molar-refractivity contribution in [2.24, 2.45) is 0 Å². The lowest BCUT2D eigenvalue weighted by atomic mass is 10.2. The fourth-order valence-corrected chi connectivity index (χ4v) is 1.13. The third kappa shape index (κ3) is 4.22. The highest BCUT2D eigenvalue weighted by Gasteiger charge is 2.11. The van der Waals surface area contributed by atoms with Crippen molar-refractivity contribution >= 4 is 11.9 Å². The van der Waals surface area contributed by atoms with Crippen LogP contribution in [0.25, 0.3) is 0 Å². The molecule has 1 amide bonds. The topological polar surface area (TPSA) is 79.3 Å². The molecule has 0 spiro atoms. The van der Waals surface area contributed by atoms with E-state index in [2.05, 4.69) is 22.1 Å². The molecule has 1 aromatic heterocycles. The Kier molecular flexibility index (Phi) is 4.81. The van der Waals surface area contributed by atoms with E-state index in [1.54, 1.807) is 0 Å². The van der Waals surface area contributed by atoms with Gasteiger partial charge < -0.3 is 10.4 Å². The smallest absolute Gasteiger partial charge is 0.340 e. The molecule has 1 heterocycles. The van der Waals surface area contributed by atoms with Gasteiger partial charge in [-0.25, -0.2) is 9.78 Å². The Bertz CT molecular complexity index is 532. The zero-order valence-electron chi connectivity index (χ0n) is 9.66. The molecule has 0 bridgehead atoms. The molecule has 0 radical (unpaired) electrons. The molecule has 0 atom stereocenters. The van der Waals surface area contributed by atoms with Crippen molar-refractivity contribution in [1.29, 1.82) is 0 Å². The largest absolute Gasteiger partial charge is 0.478 e. The van der Waals surface area contributed by atoms with Crippen LogP contribution in [0.3, 0.4) is 0 Å². The molecular weight excluding hydrogens is 239 g/mol.